The SMILES string of the molecule is COC(=O)c1ccccc1-c1cccc(C(=O)NCCN2CCCC2=O)c1. The largest absolute Gasteiger partial charge is 0.465 e. The topological polar surface area (TPSA) is 75.7 Å². The molecular formula is C21H22N2O4. The highest BCUT2D eigenvalue weighted by Crippen LogP contribution is 2.25. The van der Waals surface area contributed by atoms with Crippen molar-refractivity contribution in [2.75, 3.05) is 26.7 Å². The van der Waals surface area contributed by atoms with Gasteiger partial charge in [-0.1, -0.05) is 30.3 Å². The van der Waals surface area contributed by atoms with Crippen molar-refractivity contribution < 1.29 is 19.1 Å². The molecule has 0 radical (unpaired) electrons. The first-order chi connectivity index (χ1) is 13.1. The molecule has 1 heterocycles. The average Bonchev–Trinajstić information content (AvgIpc) is 3.12. The number of esters is 1. The van der Waals surface area contributed by atoms with Gasteiger partial charge in [0.05, 0.1) is 12.7 Å². The molecule has 0 aromatic heterocycles. The first-order valence-corrected chi connectivity index (χ1v) is 8.94. The first kappa shape index (κ1) is 18.6. The summed E-state index contributed by atoms with van der Waals surface area (Å²) in [5.74, 6) is -0.486. The Bertz CT molecular complexity index is 863. The molecule has 0 unspecified atom stereocenters. The zero-order valence-corrected chi connectivity index (χ0v) is 15.2. The van der Waals surface area contributed by atoms with Crippen molar-refractivity contribution in [3.63, 3.8) is 0 Å². The third-order valence-corrected chi connectivity index (χ3v) is 4.61. The van der Waals surface area contributed by atoms with Gasteiger partial charge in [0.25, 0.3) is 5.91 Å². The highest BCUT2D eigenvalue weighted by atomic mass is 16.5. The molecule has 0 atom stereocenters. The van der Waals surface area contributed by atoms with E-state index in [-0.39, 0.29) is 11.8 Å². The van der Waals surface area contributed by atoms with Gasteiger partial charge in [-0.05, 0) is 35.7 Å². The summed E-state index contributed by atoms with van der Waals surface area (Å²) in [6, 6.07) is 14.2. The van der Waals surface area contributed by atoms with Crippen LogP contribution in [0.2, 0.25) is 0 Å². The van der Waals surface area contributed by atoms with E-state index in [0.717, 1.165) is 18.5 Å². The average molecular weight is 366 g/mol. The molecule has 2 aromatic carbocycles. The fourth-order valence-corrected chi connectivity index (χ4v) is 3.20. The number of methoxy groups -OCH3 is 1. The van der Waals surface area contributed by atoms with Crippen molar-refractivity contribution in [1.82, 2.24) is 10.2 Å². The fourth-order valence-electron chi connectivity index (χ4n) is 3.20. The van der Waals surface area contributed by atoms with E-state index >= 15 is 0 Å². The van der Waals surface area contributed by atoms with E-state index in [1.54, 1.807) is 35.2 Å². The molecule has 2 aromatic rings. The number of nitrogens with zero attached hydrogens (tertiary/aromatic N) is 1. The molecule has 1 fully saturated rings. The van der Waals surface area contributed by atoms with E-state index in [1.165, 1.54) is 7.11 Å². The van der Waals surface area contributed by atoms with E-state index in [4.69, 9.17) is 4.74 Å². The Morgan fingerprint density at radius 2 is 1.96 bits per heavy atom. The van der Waals surface area contributed by atoms with Gasteiger partial charge in [0.1, 0.15) is 0 Å². The molecular weight excluding hydrogens is 344 g/mol. The van der Waals surface area contributed by atoms with Crippen molar-refractivity contribution in [1.29, 1.82) is 0 Å². The number of hydrogen-bond donors (Lipinski definition) is 1. The van der Waals surface area contributed by atoms with E-state index in [1.807, 2.05) is 18.2 Å². The Morgan fingerprint density at radius 3 is 2.70 bits per heavy atom. The summed E-state index contributed by atoms with van der Waals surface area (Å²) in [4.78, 5) is 37.8. The van der Waals surface area contributed by atoms with Gasteiger partial charge < -0.3 is 15.0 Å². The predicted molar refractivity (Wildman–Crippen MR) is 101 cm³/mol. The Kier molecular flexibility index (Phi) is 5.86. The van der Waals surface area contributed by atoms with Gasteiger partial charge in [-0.3, -0.25) is 9.59 Å². The van der Waals surface area contributed by atoms with E-state index in [9.17, 15) is 14.4 Å². The summed E-state index contributed by atoms with van der Waals surface area (Å²) in [5, 5.41) is 2.85. The van der Waals surface area contributed by atoms with Crippen LogP contribution in [0, 0.1) is 0 Å². The lowest BCUT2D eigenvalue weighted by Crippen LogP contribution is -2.35. The quantitative estimate of drug-likeness (QED) is 0.797. The van der Waals surface area contributed by atoms with Crippen molar-refractivity contribution in [3.05, 3.63) is 59.7 Å². The Morgan fingerprint density at radius 1 is 1.15 bits per heavy atom. The van der Waals surface area contributed by atoms with Crippen LogP contribution in [-0.2, 0) is 9.53 Å². The second-order valence-corrected chi connectivity index (χ2v) is 6.36. The molecule has 6 heteroatoms. The Labute approximate surface area is 158 Å². The molecule has 2 amide bonds. The van der Waals surface area contributed by atoms with E-state index in [2.05, 4.69) is 5.32 Å². The molecule has 1 aliphatic rings. The highest BCUT2D eigenvalue weighted by molar-refractivity contribution is 5.99. The molecule has 0 spiro atoms. The molecule has 0 saturated carbocycles. The summed E-state index contributed by atoms with van der Waals surface area (Å²) in [5.41, 5.74) is 2.42. The molecule has 1 aliphatic heterocycles. The van der Waals surface area contributed by atoms with Gasteiger partial charge in [0.2, 0.25) is 5.91 Å². The van der Waals surface area contributed by atoms with Crippen molar-refractivity contribution >= 4 is 17.8 Å². The summed E-state index contributed by atoms with van der Waals surface area (Å²) in [6.45, 7) is 1.69. The van der Waals surface area contributed by atoms with Gasteiger partial charge in [-0.2, -0.15) is 0 Å². The smallest absolute Gasteiger partial charge is 0.338 e. The molecule has 1 saturated heterocycles. The molecule has 0 bridgehead atoms. The monoisotopic (exact) mass is 366 g/mol. The highest BCUT2D eigenvalue weighted by Gasteiger charge is 2.19. The van der Waals surface area contributed by atoms with Gasteiger partial charge in [-0.15, -0.1) is 0 Å². The third-order valence-electron chi connectivity index (χ3n) is 4.61. The molecule has 3 rings (SSSR count). The Balaban J connectivity index is 1.71. The lowest BCUT2D eigenvalue weighted by Gasteiger charge is -2.15. The summed E-state index contributed by atoms with van der Waals surface area (Å²) >= 11 is 0. The minimum atomic E-state index is -0.421. The van der Waals surface area contributed by atoms with Crippen LogP contribution in [0.25, 0.3) is 11.1 Å². The fraction of sp³-hybridized carbons (Fsp3) is 0.286. The number of benzene rings is 2. The first-order valence-electron chi connectivity index (χ1n) is 8.94. The van der Waals surface area contributed by atoms with Crippen LogP contribution < -0.4 is 5.32 Å². The molecule has 27 heavy (non-hydrogen) atoms. The van der Waals surface area contributed by atoms with Crippen LogP contribution in [0.5, 0.6) is 0 Å². The number of likely N-dealkylation sites (tertiary alicyclic amines) is 1. The van der Waals surface area contributed by atoms with Crippen LogP contribution in [0.4, 0.5) is 0 Å². The van der Waals surface area contributed by atoms with Crippen molar-refractivity contribution in [2.24, 2.45) is 0 Å². The standard InChI is InChI=1S/C21H22N2O4/c1-27-21(26)18-9-3-2-8-17(18)15-6-4-7-16(14-15)20(25)22-11-13-23-12-5-10-19(23)24/h2-4,6-9,14H,5,10-13H2,1H3,(H,22,25). The van der Waals surface area contributed by atoms with Gasteiger partial charge in [0, 0.05) is 31.6 Å². The number of nitrogens with one attached hydrogen (secondary N) is 1. The van der Waals surface area contributed by atoms with Crippen molar-refractivity contribution in [3.8, 4) is 11.1 Å². The number of carbonyl (C=O) groups is 3. The van der Waals surface area contributed by atoms with Crippen LogP contribution in [0.3, 0.4) is 0 Å². The zero-order chi connectivity index (χ0) is 19.2. The van der Waals surface area contributed by atoms with Gasteiger partial charge >= 0.3 is 5.97 Å². The van der Waals surface area contributed by atoms with Crippen LogP contribution in [0.1, 0.15) is 33.6 Å². The number of amides is 2. The van der Waals surface area contributed by atoms with Gasteiger partial charge in [0.15, 0.2) is 0 Å². The third kappa shape index (κ3) is 4.34. The summed E-state index contributed by atoms with van der Waals surface area (Å²) < 4.78 is 4.84. The second kappa shape index (κ2) is 8.49. The molecule has 6 nitrogen and oxygen atoms in total. The summed E-state index contributed by atoms with van der Waals surface area (Å²) in [6.07, 6.45) is 1.48. The van der Waals surface area contributed by atoms with Crippen LogP contribution >= 0.6 is 0 Å². The zero-order valence-electron chi connectivity index (χ0n) is 15.2. The summed E-state index contributed by atoms with van der Waals surface area (Å²) in [7, 11) is 1.34. The van der Waals surface area contributed by atoms with E-state index < -0.39 is 5.97 Å². The lowest BCUT2D eigenvalue weighted by atomic mass is 9.98. The number of ether oxygens (including phenoxy) is 1. The van der Waals surface area contributed by atoms with Crippen LogP contribution in [0.15, 0.2) is 48.5 Å². The minimum absolute atomic E-state index is 0.144. The van der Waals surface area contributed by atoms with Crippen molar-refractivity contribution in [2.45, 2.75) is 12.8 Å². The Hall–Kier alpha value is -3.15. The maximum atomic E-state index is 12.5. The van der Waals surface area contributed by atoms with E-state index in [0.29, 0.717) is 36.2 Å². The number of carbonyl (C=O) groups excluding carboxylic acids is 3. The van der Waals surface area contributed by atoms with Crippen LogP contribution in [-0.4, -0.2) is 49.4 Å². The molecule has 140 valence electrons. The minimum Gasteiger partial charge on any atom is -0.465 e. The molecule has 1 N–H and O–H groups in total. The normalized spacial score (nSPS) is 13.5. The van der Waals surface area contributed by atoms with Gasteiger partial charge in [-0.25, -0.2) is 4.79 Å². The second-order valence-electron chi connectivity index (χ2n) is 6.36. The maximum absolute atomic E-state index is 12.5. The predicted octanol–water partition coefficient (Wildman–Crippen LogP) is 2.49. The number of rotatable bonds is 6. The maximum Gasteiger partial charge on any atom is 0.338 e. The molecule has 0 aliphatic carbocycles. The lowest BCUT2D eigenvalue weighted by molar-refractivity contribution is -0.127. The number of hydrogen-bond acceptors (Lipinski definition) is 4.